The number of ether oxygens (including phenoxy) is 2. The van der Waals surface area contributed by atoms with Crippen molar-refractivity contribution in [2.45, 2.75) is 12.5 Å². The fourth-order valence-electron chi connectivity index (χ4n) is 2.96. The van der Waals surface area contributed by atoms with Crippen molar-refractivity contribution in [1.29, 1.82) is 0 Å². The highest BCUT2D eigenvalue weighted by molar-refractivity contribution is 6.31. The molecule has 1 unspecified atom stereocenters. The smallest absolute Gasteiger partial charge is 0.258 e. The van der Waals surface area contributed by atoms with Crippen molar-refractivity contribution in [3.8, 4) is 11.5 Å². The van der Waals surface area contributed by atoms with E-state index in [-0.39, 0.29) is 18.6 Å². The second-order valence-corrected chi connectivity index (χ2v) is 6.93. The molecule has 0 saturated carbocycles. The number of halogens is 2. The van der Waals surface area contributed by atoms with Gasteiger partial charge in [-0.2, -0.15) is 0 Å². The molecule has 1 atom stereocenters. The molecule has 2 aromatic rings. The number of carbonyl (C=O) groups is 1. The van der Waals surface area contributed by atoms with Gasteiger partial charge in [-0.3, -0.25) is 4.79 Å². The zero-order valence-corrected chi connectivity index (χ0v) is 15.9. The molecule has 1 amide bonds. The SMILES string of the molecule is COc1ccc(Cl)cc1N1CCC(NC(=O)COc2ccc(Cl)cc2)C1. The number of nitrogens with zero attached hydrogens (tertiary/aromatic N) is 1. The number of anilines is 1. The summed E-state index contributed by atoms with van der Waals surface area (Å²) in [6.07, 6.45) is 0.850. The maximum absolute atomic E-state index is 12.1. The van der Waals surface area contributed by atoms with Gasteiger partial charge in [0.25, 0.3) is 5.91 Å². The number of amides is 1. The average Bonchev–Trinajstić information content (AvgIpc) is 3.09. The lowest BCUT2D eigenvalue weighted by molar-refractivity contribution is -0.123. The highest BCUT2D eigenvalue weighted by atomic mass is 35.5. The number of carbonyl (C=O) groups excluding carboxylic acids is 1. The third-order valence-electron chi connectivity index (χ3n) is 4.22. The van der Waals surface area contributed by atoms with Crippen LogP contribution in [0.2, 0.25) is 10.0 Å². The predicted octanol–water partition coefficient (Wildman–Crippen LogP) is 3.78. The van der Waals surface area contributed by atoms with E-state index in [2.05, 4.69) is 10.2 Å². The van der Waals surface area contributed by atoms with Gasteiger partial charge in [0.05, 0.1) is 12.8 Å². The molecule has 3 rings (SSSR count). The van der Waals surface area contributed by atoms with Crippen molar-refractivity contribution < 1.29 is 14.3 Å². The Morgan fingerprint density at radius 1 is 1.19 bits per heavy atom. The lowest BCUT2D eigenvalue weighted by atomic mass is 10.2. The first kappa shape index (κ1) is 18.7. The quantitative estimate of drug-likeness (QED) is 0.809. The molecule has 0 aromatic heterocycles. The summed E-state index contributed by atoms with van der Waals surface area (Å²) in [6, 6.07) is 12.5. The largest absolute Gasteiger partial charge is 0.495 e. The zero-order chi connectivity index (χ0) is 18.5. The summed E-state index contributed by atoms with van der Waals surface area (Å²) in [5.41, 5.74) is 0.939. The molecule has 1 saturated heterocycles. The molecule has 1 fully saturated rings. The summed E-state index contributed by atoms with van der Waals surface area (Å²) in [7, 11) is 1.64. The first-order valence-electron chi connectivity index (χ1n) is 8.31. The van der Waals surface area contributed by atoms with E-state index in [1.807, 2.05) is 12.1 Å². The Balaban J connectivity index is 1.52. The fourth-order valence-corrected chi connectivity index (χ4v) is 3.25. The Hall–Kier alpha value is -2.11. The Labute approximate surface area is 162 Å². The van der Waals surface area contributed by atoms with Crippen molar-refractivity contribution in [2.24, 2.45) is 0 Å². The van der Waals surface area contributed by atoms with Gasteiger partial charge in [-0.05, 0) is 48.9 Å². The van der Waals surface area contributed by atoms with Crippen LogP contribution in [-0.4, -0.2) is 38.8 Å². The molecule has 5 nitrogen and oxygen atoms in total. The fraction of sp³-hybridized carbons (Fsp3) is 0.316. The lowest BCUT2D eigenvalue weighted by Crippen LogP contribution is -2.39. The Morgan fingerprint density at radius 2 is 1.92 bits per heavy atom. The van der Waals surface area contributed by atoms with Gasteiger partial charge in [0.2, 0.25) is 0 Å². The zero-order valence-electron chi connectivity index (χ0n) is 14.4. The van der Waals surface area contributed by atoms with E-state index in [9.17, 15) is 4.79 Å². The molecule has 2 aromatic carbocycles. The van der Waals surface area contributed by atoms with Crippen LogP contribution in [0.4, 0.5) is 5.69 Å². The van der Waals surface area contributed by atoms with Crippen molar-refractivity contribution in [3.63, 3.8) is 0 Å². The lowest BCUT2D eigenvalue weighted by Gasteiger charge is -2.21. The van der Waals surface area contributed by atoms with E-state index >= 15 is 0 Å². The van der Waals surface area contributed by atoms with Gasteiger partial charge in [-0.15, -0.1) is 0 Å². The minimum atomic E-state index is -0.148. The van der Waals surface area contributed by atoms with Gasteiger partial charge < -0.3 is 19.7 Å². The van der Waals surface area contributed by atoms with Gasteiger partial charge >= 0.3 is 0 Å². The Kier molecular flexibility index (Phi) is 6.12. The van der Waals surface area contributed by atoms with Gasteiger partial charge in [-0.25, -0.2) is 0 Å². The van der Waals surface area contributed by atoms with E-state index < -0.39 is 0 Å². The second-order valence-electron chi connectivity index (χ2n) is 6.06. The van der Waals surface area contributed by atoms with Crippen molar-refractivity contribution in [1.82, 2.24) is 5.32 Å². The number of nitrogens with one attached hydrogen (secondary N) is 1. The van der Waals surface area contributed by atoms with Crippen LogP contribution in [0.3, 0.4) is 0 Å². The van der Waals surface area contributed by atoms with Crippen molar-refractivity contribution in [2.75, 3.05) is 31.7 Å². The standard InChI is InChI=1S/C19H20Cl2N2O3/c1-25-18-7-4-14(21)10-17(18)23-9-8-15(11-23)22-19(24)12-26-16-5-2-13(20)3-6-16/h2-7,10,15H,8-9,11-12H2,1H3,(H,22,24). The maximum Gasteiger partial charge on any atom is 0.258 e. The number of benzene rings is 2. The molecule has 0 radical (unpaired) electrons. The molecule has 1 aliphatic rings. The van der Waals surface area contributed by atoms with Gasteiger partial charge in [-0.1, -0.05) is 23.2 Å². The van der Waals surface area contributed by atoms with E-state index in [0.29, 0.717) is 22.3 Å². The predicted molar refractivity (Wildman–Crippen MR) is 104 cm³/mol. The third-order valence-corrected chi connectivity index (χ3v) is 4.71. The van der Waals surface area contributed by atoms with Crippen molar-refractivity contribution >= 4 is 34.8 Å². The Bertz CT molecular complexity index is 768. The Morgan fingerprint density at radius 3 is 2.65 bits per heavy atom. The topological polar surface area (TPSA) is 50.8 Å². The van der Waals surface area contributed by atoms with E-state index in [1.165, 1.54) is 0 Å². The molecule has 1 aliphatic heterocycles. The van der Waals surface area contributed by atoms with Crippen LogP contribution in [0.5, 0.6) is 11.5 Å². The molecule has 7 heteroatoms. The summed E-state index contributed by atoms with van der Waals surface area (Å²) in [5.74, 6) is 1.23. The molecule has 1 N–H and O–H groups in total. The third kappa shape index (κ3) is 4.74. The number of methoxy groups -OCH3 is 1. The number of rotatable bonds is 6. The number of hydrogen-bond donors (Lipinski definition) is 1. The highest BCUT2D eigenvalue weighted by Crippen LogP contribution is 2.33. The van der Waals surface area contributed by atoms with E-state index in [1.54, 1.807) is 37.4 Å². The molecule has 0 spiro atoms. The van der Waals surface area contributed by atoms with Crippen LogP contribution < -0.4 is 19.7 Å². The van der Waals surface area contributed by atoms with Gasteiger partial charge in [0.15, 0.2) is 6.61 Å². The summed E-state index contributed by atoms with van der Waals surface area (Å²) in [6.45, 7) is 1.49. The molecular weight excluding hydrogens is 375 g/mol. The monoisotopic (exact) mass is 394 g/mol. The van der Waals surface area contributed by atoms with Crippen LogP contribution in [-0.2, 0) is 4.79 Å². The summed E-state index contributed by atoms with van der Waals surface area (Å²) < 4.78 is 10.9. The number of hydrogen-bond acceptors (Lipinski definition) is 4. The van der Waals surface area contributed by atoms with Crippen LogP contribution >= 0.6 is 23.2 Å². The first-order valence-corrected chi connectivity index (χ1v) is 9.07. The summed E-state index contributed by atoms with van der Waals surface area (Å²) >= 11 is 11.9. The molecular formula is C19H20Cl2N2O3. The van der Waals surface area contributed by atoms with E-state index in [0.717, 1.165) is 24.4 Å². The van der Waals surface area contributed by atoms with Gasteiger partial charge in [0, 0.05) is 29.2 Å². The van der Waals surface area contributed by atoms with Crippen molar-refractivity contribution in [3.05, 3.63) is 52.5 Å². The second kappa shape index (κ2) is 8.52. The van der Waals surface area contributed by atoms with Gasteiger partial charge in [0.1, 0.15) is 11.5 Å². The molecule has 138 valence electrons. The molecule has 26 heavy (non-hydrogen) atoms. The highest BCUT2D eigenvalue weighted by Gasteiger charge is 2.26. The van der Waals surface area contributed by atoms with Crippen LogP contribution in [0.1, 0.15) is 6.42 Å². The molecule has 1 heterocycles. The summed E-state index contributed by atoms with van der Waals surface area (Å²) in [5, 5.41) is 4.29. The maximum atomic E-state index is 12.1. The summed E-state index contributed by atoms with van der Waals surface area (Å²) in [4.78, 5) is 14.3. The van der Waals surface area contributed by atoms with E-state index in [4.69, 9.17) is 32.7 Å². The average molecular weight is 395 g/mol. The minimum absolute atomic E-state index is 0.0291. The van der Waals surface area contributed by atoms with Crippen LogP contribution in [0, 0.1) is 0 Å². The van der Waals surface area contributed by atoms with Crippen LogP contribution in [0.25, 0.3) is 0 Å². The minimum Gasteiger partial charge on any atom is -0.495 e. The normalized spacial score (nSPS) is 16.4. The molecule has 0 bridgehead atoms. The first-order chi connectivity index (χ1) is 12.5. The molecule has 0 aliphatic carbocycles. The van der Waals surface area contributed by atoms with Crippen LogP contribution in [0.15, 0.2) is 42.5 Å².